The SMILES string of the molecule is CN(CC1CCCCC1O)C(=O)OC(C)(C)C. The van der Waals surface area contributed by atoms with Crippen molar-refractivity contribution in [3.8, 4) is 0 Å². The summed E-state index contributed by atoms with van der Waals surface area (Å²) in [6.07, 6.45) is 3.50. The van der Waals surface area contributed by atoms with Crippen LogP contribution in [0.15, 0.2) is 0 Å². The Morgan fingerprint density at radius 2 is 1.94 bits per heavy atom. The zero-order valence-electron chi connectivity index (χ0n) is 11.4. The molecule has 1 aliphatic rings. The molecule has 0 saturated heterocycles. The van der Waals surface area contributed by atoms with Gasteiger partial charge < -0.3 is 14.7 Å². The van der Waals surface area contributed by atoms with Gasteiger partial charge in [-0.15, -0.1) is 0 Å². The highest BCUT2D eigenvalue weighted by molar-refractivity contribution is 5.67. The van der Waals surface area contributed by atoms with Crippen molar-refractivity contribution in [1.82, 2.24) is 4.90 Å². The average molecular weight is 243 g/mol. The highest BCUT2D eigenvalue weighted by atomic mass is 16.6. The number of aliphatic hydroxyl groups excluding tert-OH is 1. The average Bonchev–Trinajstić information content (AvgIpc) is 2.18. The van der Waals surface area contributed by atoms with Gasteiger partial charge in [0.05, 0.1) is 6.10 Å². The van der Waals surface area contributed by atoms with E-state index >= 15 is 0 Å². The highest BCUT2D eigenvalue weighted by Crippen LogP contribution is 2.25. The van der Waals surface area contributed by atoms with E-state index in [-0.39, 0.29) is 18.1 Å². The van der Waals surface area contributed by atoms with Crippen LogP contribution >= 0.6 is 0 Å². The first-order valence-corrected chi connectivity index (χ1v) is 6.42. The molecule has 0 heterocycles. The van der Waals surface area contributed by atoms with E-state index < -0.39 is 5.60 Å². The van der Waals surface area contributed by atoms with Crippen LogP contribution < -0.4 is 0 Å². The third kappa shape index (κ3) is 4.94. The summed E-state index contributed by atoms with van der Waals surface area (Å²) in [6, 6.07) is 0. The monoisotopic (exact) mass is 243 g/mol. The van der Waals surface area contributed by atoms with Crippen LogP contribution in [0, 0.1) is 5.92 Å². The smallest absolute Gasteiger partial charge is 0.410 e. The Bertz CT molecular complexity index is 260. The number of carbonyl (C=O) groups excluding carboxylic acids is 1. The minimum atomic E-state index is -0.462. The molecular formula is C13H25NO3. The Kier molecular flexibility index (Phi) is 4.80. The lowest BCUT2D eigenvalue weighted by Crippen LogP contribution is -2.40. The molecule has 1 saturated carbocycles. The van der Waals surface area contributed by atoms with Gasteiger partial charge >= 0.3 is 6.09 Å². The van der Waals surface area contributed by atoms with E-state index in [1.165, 1.54) is 0 Å². The van der Waals surface area contributed by atoms with Crippen molar-refractivity contribution in [1.29, 1.82) is 0 Å². The van der Waals surface area contributed by atoms with E-state index in [0.717, 1.165) is 25.7 Å². The molecule has 1 N–H and O–H groups in total. The molecule has 0 aromatic heterocycles. The predicted octanol–water partition coefficient (Wildman–Crippen LogP) is 2.40. The molecule has 100 valence electrons. The molecule has 0 radical (unpaired) electrons. The maximum atomic E-state index is 11.8. The molecule has 17 heavy (non-hydrogen) atoms. The van der Waals surface area contributed by atoms with Gasteiger partial charge in [0.2, 0.25) is 0 Å². The largest absolute Gasteiger partial charge is 0.444 e. The molecule has 1 amide bonds. The molecule has 4 heteroatoms. The number of hydrogen-bond acceptors (Lipinski definition) is 3. The van der Waals surface area contributed by atoms with Crippen LogP contribution in [-0.2, 0) is 4.74 Å². The molecule has 0 aromatic rings. The van der Waals surface area contributed by atoms with Crippen LogP contribution in [0.4, 0.5) is 4.79 Å². The molecular weight excluding hydrogens is 218 g/mol. The maximum absolute atomic E-state index is 11.8. The van der Waals surface area contributed by atoms with Gasteiger partial charge in [-0.25, -0.2) is 4.79 Å². The third-order valence-corrected chi connectivity index (χ3v) is 3.08. The van der Waals surface area contributed by atoms with Crippen molar-refractivity contribution >= 4 is 6.09 Å². The fraction of sp³-hybridized carbons (Fsp3) is 0.923. The predicted molar refractivity (Wildman–Crippen MR) is 66.8 cm³/mol. The third-order valence-electron chi connectivity index (χ3n) is 3.08. The van der Waals surface area contributed by atoms with Crippen molar-refractivity contribution < 1.29 is 14.6 Å². The van der Waals surface area contributed by atoms with E-state index in [9.17, 15) is 9.90 Å². The first-order valence-electron chi connectivity index (χ1n) is 6.42. The summed E-state index contributed by atoms with van der Waals surface area (Å²) in [5, 5.41) is 9.85. The van der Waals surface area contributed by atoms with Crippen molar-refractivity contribution in [2.75, 3.05) is 13.6 Å². The number of nitrogens with zero attached hydrogens (tertiary/aromatic N) is 1. The van der Waals surface area contributed by atoms with Gasteiger partial charge in [-0.2, -0.15) is 0 Å². The standard InChI is InChI=1S/C13H25NO3/c1-13(2,3)17-12(16)14(4)9-10-7-5-6-8-11(10)15/h10-11,15H,5-9H2,1-4H3. The molecule has 1 aliphatic carbocycles. The fourth-order valence-corrected chi connectivity index (χ4v) is 2.17. The zero-order chi connectivity index (χ0) is 13.1. The second-order valence-corrected chi connectivity index (χ2v) is 5.97. The van der Waals surface area contributed by atoms with Crippen LogP contribution in [0.1, 0.15) is 46.5 Å². The summed E-state index contributed by atoms with van der Waals surface area (Å²) in [4.78, 5) is 13.3. The molecule has 1 fully saturated rings. The van der Waals surface area contributed by atoms with Gasteiger partial charge in [0.15, 0.2) is 0 Å². The number of hydrogen-bond donors (Lipinski definition) is 1. The Balaban J connectivity index is 2.42. The second kappa shape index (κ2) is 5.71. The van der Waals surface area contributed by atoms with Crippen LogP contribution in [0.5, 0.6) is 0 Å². The molecule has 0 aliphatic heterocycles. The topological polar surface area (TPSA) is 49.8 Å². The van der Waals surface area contributed by atoms with E-state index in [0.29, 0.717) is 6.54 Å². The van der Waals surface area contributed by atoms with E-state index in [2.05, 4.69) is 0 Å². The summed E-state index contributed by atoms with van der Waals surface area (Å²) >= 11 is 0. The zero-order valence-corrected chi connectivity index (χ0v) is 11.4. The summed E-state index contributed by atoms with van der Waals surface area (Å²) in [5.74, 6) is 0.196. The van der Waals surface area contributed by atoms with Gasteiger partial charge in [-0.1, -0.05) is 12.8 Å². The number of aliphatic hydroxyl groups is 1. The van der Waals surface area contributed by atoms with Gasteiger partial charge in [0.1, 0.15) is 5.60 Å². The lowest BCUT2D eigenvalue weighted by Gasteiger charge is -2.32. The van der Waals surface area contributed by atoms with Crippen LogP contribution in [-0.4, -0.2) is 41.4 Å². The van der Waals surface area contributed by atoms with E-state index in [1.807, 2.05) is 20.8 Å². The summed E-state index contributed by atoms with van der Waals surface area (Å²) < 4.78 is 5.28. The molecule has 2 atom stereocenters. The van der Waals surface area contributed by atoms with Crippen LogP contribution in [0.25, 0.3) is 0 Å². The molecule has 1 rings (SSSR count). The van der Waals surface area contributed by atoms with Gasteiger partial charge in [0, 0.05) is 19.5 Å². The molecule has 0 spiro atoms. The summed E-state index contributed by atoms with van der Waals surface area (Å²) in [7, 11) is 1.73. The minimum Gasteiger partial charge on any atom is -0.444 e. The number of amides is 1. The number of ether oxygens (including phenoxy) is 1. The molecule has 4 nitrogen and oxygen atoms in total. The van der Waals surface area contributed by atoms with E-state index in [4.69, 9.17) is 4.74 Å². The summed E-state index contributed by atoms with van der Waals surface area (Å²) in [6.45, 7) is 6.15. The lowest BCUT2D eigenvalue weighted by atomic mass is 9.86. The Morgan fingerprint density at radius 1 is 1.35 bits per heavy atom. The Hall–Kier alpha value is -0.770. The second-order valence-electron chi connectivity index (χ2n) is 5.97. The van der Waals surface area contributed by atoms with Crippen LogP contribution in [0.3, 0.4) is 0 Å². The van der Waals surface area contributed by atoms with Crippen molar-refractivity contribution in [2.24, 2.45) is 5.92 Å². The van der Waals surface area contributed by atoms with Gasteiger partial charge in [-0.3, -0.25) is 0 Å². The molecule has 2 unspecified atom stereocenters. The van der Waals surface area contributed by atoms with Crippen LogP contribution in [0.2, 0.25) is 0 Å². The maximum Gasteiger partial charge on any atom is 0.410 e. The Labute approximate surface area is 104 Å². The van der Waals surface area contributed by atoms with Crippen molar-refractivity contribution in [2.45, 2.75) is 58.2 Å². The van der Waals surface area contributed by atoms with Gasteiger partial charge in [-0.05, 0) is 33.6 Å². The first kappa shape index (κ1) is 14.3. The number of rotatable bonds is 2. The first-order chi connectivity index (χ1) is 7.79. The normalized spacial score (nSPS) is 25.5. The highest BCUT2D eigenvalue weighted by Gasteiger charge is 2.27. The minimum absolute atomic E-state index is 0.196. The van der Waals surface area contributed by atoms with Gasteiger partial charge in [0.25, 0.3) is 0 Å². The van der Waals surface area contributed by atoms with E-state index in [1.54, 1.807) is 11.9 Å². The molecule has 0 aromatic carbocycles. The lowest BCUT2D eigenvalue weighted by molar-refractivity contribution is 0.0134. The Morgan fingerprint density at radius 3 is 2.47 bits per heavy atom. The van der Waals surface area contributed by atoms with Crippen molar-refractivity contribution in [3.05, 3.63) is 0 Å². The van der Waals surface area contributed by atoms with Crippen molar-refractivity contribution in [3.63, 3.8) is 0 Å². The quantitative estimate of drug-likeness (QED) is 0.810. The fourth-order valence-electron chi connectivity index (χ4n) is 2.17. The molecule has 0 bridgehead atoms. The summed E-state index contributed by atoms with van der Waals surface area (Å²) in [5.41, 5.74) is -0.462. The number of carbonyl (C=O) groups is 1.